The van der Waals surface area contributed by atoms with Gasteiger partial charge < -0.3 is 5.32 Å². The fraction of sp³-hybridized carbons (Fsp3) is 0.875. The topological polar surface area (TPSA) is 29.1 Å². The van der Waals surface area contributed by atoms with Crippen LogP contribution >= 0.6 is 33.3 Å². The Labute approximate surface area is 92.8 Å². The van der Waals surface area contributed by atoms with Crippen molar-refractivity contribution in [1.82, 2.24) is 5.32 Å². The maximum atomic E-state index is 11.3. The highest BCUT2D eigenvalue weighted by molar-refractivity contribution is 8.76. The van der Waals surface area contributed by atoms with Crippen LogP contribution in [0.2, 0.25) is 0 Å². The molecule has 0 aromatic carbocycles. The fourth-order valence-electron chi connectivity index (χ4n) is 0.677. The molecule has 1 atom stereocenters. The molecule has 0 saturated heterocycles. The fourth-order valence-corrected chi connectivity index (χ4v) is 2.26. The molecule has 0 fully saturated rings. The Bertz CT molecular complexity index is 143. The molecule has 0 aliphatic carbocycles. The van der Waals surface area contributed by atoms with Crippen LogP contribution in [0.5, 0.6) is 0 Å². The summed E-state index contributed by atoms with van der Waals surface area (Å²) in [4.78, 5) is 11.3. The Morgan fingerprint density at radius 3 is 2.69 bits per heavy atom. The van der Waals surface area contributed by atoms with Gasteiger partial charge in [0.1, 0.15) is 0 Å². The summed E-state index contributed by atoms with van der Waals surface area (Å²) in [7, 11) is 3.61. The van der Waals surface area contributed by atoms with Crippen molar-refractivity contribution in [3.05, 3.63) is 0 Å². The Kier molecular flexibility index (Phi) is 9.45. The number of nitrogens with one attached hydrogen (secondary N) is 1. The first-order valence-electron chi connectivity index (χ1n) is 4.18. The number of hydrogen-bond donors (Lipinski definition) is 1. The Morgan fingerprint density at radius 2 is 2.15 bits per heavy atom. The van der Waals surface area contributed by atoms with E-state index >= 15 is 0 Å². The molecule has 0 aliphatic rings. The molecule has 0 aromatic heterocycles. The van der Waals surface area contributed by atoms with Crippen LogP contribution in [0.3, 0.4) is 0 Å². The van der Waals surface area contributed by atoms with Crippen molar-refractivity contribution < 1.29 is 4.79 Å². The number of thioether (sulfide) groups is 1. The SMILES string of the molecule is CSSCCCNC(=O)C(C)SC. The second-order valence-electron chi connectivity index (χ2n) is 2.51. The summed E-state index contributed by atoms with van der Waals surface area (Å²) < 4.78 is 0. The second-order valence-corrected chi connectivity index (χ2v) is 6.37. The van der Waals surface area contributed by atoms with Gasteiger partial charge in [-0.2, -0.15) is 11.8 Å². The van der Waals surface area contributed by atoms with E-state index in [0.29, 0.717) is 0 Å². The van der Waals surface area contributed by atoms with Crippen molar-refractivity contribution in [3.63, 3.8) is 0 Å². The number of hydrogen-bond acceptors (Lipinski definition) is 4. The molecular weight excluding hydrogens is 222 g/mol. The molecule has 0 spiro atoms. The third-order valence-corrected chi connectivity index (χ3v) is 4.36. The van der Waals surface area contributed by atoms with E-state index in [1.54, 1.807) is 22.6 Å². The lowest BCUT2D eigenvalue weighted by atomic mass is 10.4. The first-order chi connectivity index (χ1) is 6.22. The van der Waals surface area contributed by atoms with Crippen LogP contribution in [0, 0.1) is 0 Å². The van der Waals surface area contributed by atoms with Crippen molar-refractivity contribution >= 4 is 39.3 Å². The van der Waals surface area contributed by atoms with Crippen LogP contribution in [0.1, 0.15) is 13.3 Å². The van der Waals surface area contributed by atoms with Gasteiger partial charge in [-0.15, -0.1) is 0 Å². The molecule has 0 saturated carbocycles. The average molecular weight is 239 g/mol. The van der Waals surface area contributed by atoms with Gasteiger partial charge in [-0.25, -0.2) is 0 Å². The molecule has 1 N–H and O–H groups in total. The predicted molar refractivity (Wildman–Crippen MR) is 66.6 cm³/mol. The molecule has 1 amide bonds. The van der Waals surface area contributed by atoms with Gasteiger partial charge in [-0.1, -0.05) is 21.6 Å². The van der Waals surface area contributed by atoms with Crippen molar-refractivity contribution in [1.29, 1.82) is 0 Å². The second kappa shape index (κ2) is 9.09. The minimum Gasteiger partial charge on any atom is -0.355 e. The minimum absolute atomic E-state index is 0.0770. The summed E-state index contributed by atoms with van der Waals surface area (Å²) >= 11 is 1.58. The van der Waals surface area contributed by atoms with Crippen LogP contribution in [0.25, 0.3) is 0 Å². The van der Waals surface area contributed by atoms with Gasteiger partial charge in [-0.3, -0.25) is 4.79 Å². The first-order valence-corrected chi connectivity index (χ1v) is 8.20. The Balaban J connectivity index is 3.27. The summed E-state index contributed by atoms with van der Waals surface area (Å²) in [6, 6.07) is 0. The summed E-state index contributed by atoms with van der Waals surface area (Å²) in [6.07, 6.45) is 5.07. The minimum atomic E-state index is 0.0770. The van der Waals surface area contributed by atoms with Crippen LogP contribution in [0.4, 0.5) is 0 Å². The standard InChI is InChI=1S/C8H17NOS3/c1-7(11-2)8(10)9-5-4-6-13-12-3/h7H,4-6H2,1-3H3,(H,9,10). The van der Waals surface area contributed by atoms with Crippen molar-refractivity contribution in [3.8, 4) is 0 Å². The predicted octanol–water partition coefficient (Wildman–Crippen LogP) is 2.26. The van der Waals surface area contributed by atoms with E-state index in [9.17, 15) is 4.79 Å². The van der Waals surface area contributed by atoms with Crippen LogP contribution in [-0.4, -0.2) is 36.0 Å². The summed E-state index contributed by atoms with van der Waals surface area (Å²) in [5.41, 5.74) is 0. The van der Waals surface area contributed by atoms with Crippen LogP contribution < -0.4 is 5.32 Å². The Hall–Kier alpha value is 0.520. The largest absolute Gasteiger partial charge is 0.355 e. The lowest BCUT2D eigenvalue weighted by molar-refractivity contribution is -0.120. The zero-order chi connectivity index (χ0) is 10.1. The summed E-state index contributed by atoms with van der Waals surface area (Å²) in [6.45, 7) is 2.73. The maximum absolute atomic E-state index is 11.3. The molecule has 5 heteroatoms. The average Bonchev–Trinajstić information content (AvgIpc) is 2.16. The monoisotopic (exact) mass is 239 g/mol. The molecule has 0 aromatic rings. The zero-order valence-corrected chi connectivity index (χ0v) is 10.8. The first kappa shape index (κ1) is 13.5. The van der Waals surface area contributed by atoms with Gasteiger partial charge in [0.05, 0.1) is 5.25 Å². The van der Waals surface area contributed by atoms with Gasteiger partial charge in [-0.05, 0) is 25.9 Å². The number of rotatable bonds is 7. The summed E-state index contributed by atoms with van der Waals surface area (Å²) in [5.74, 6) is 1.26. The van der Waals surface area contributed by atoms with Crippen molar-refractivity contribution in [2.75, 3.05) is 24.8 Å². The Morgan fingerprint density at radius 1 is 1.46 bits per heavy atom. The van der Waals surface area contributed by atoms with Crippen molar-refractivity contribution in [2.45, 2.75) is 18.6 Å². The van der Waals surface area contributed by atoms with Crippen LogP contribution in [-0.2, 0) is 4.79 Å². The maximum Gasteiger partial charge on any atom is 0.232 e. The molecule has 0 radical (unpaired) electrons. The third kappa shape index (κ3) is 7.58. The third-order valence-electron chi connectivity index (χ3n) is 1.54. The van der Waals surface area contributed by atoms with Gasteiger partial charge in [0.2, 0.25) is 5.91 Å². The smallest absolute Gasteiger partial charge is 0.232 e. The molecule has 78 valence electrons. The number of amides is 1. The van der Waals surface area contributed by atoms with Crippen LogP contribution in [0.15, 0.2) is 0 Å². The lowest BCUT2D eigenvalue weighted by Gasteiger charge is -2.08. The molecule has 0 rings (SSSR count). The number of carbonyl (C=O) groups excluding carboxylic acids is 1. The summed E-state index contributed by atoms with van der Waals surface area (Å²) in [5, 5.41) is 2.99. The van der Waals surface area contributed by atoms with E-state index in [1.807, 2.05) is 24.0 Å². The van der Waals surface area contributed by atoms with E-state index in [1.165, 1.54) is 0 Å². The highest BCUT2D eigenvalue weighted by Crippen LogP contribution is 2.16. The molecule has 13 heavy (non-hydrogen) atoms. The molecule has 0 heterocycles. The molecule has 2 nitrogen and oxygen atoms in total. The van der Waals surface area contributed by atoms with Gasteiger partial charge in [0, 0.05) is 12.3 Å². The molecule has 0 aliphatic heterocycles. The van der Waals surface area contributed by atoms with E-state index in [4.69, 9.17) is 0 Å². The van der Waals surface area contributed by atoms with E-state index in [-0.39, 0.29) is 11.2 Å². The van der Waals surface area contributed by atoms with E-state index < -0.39 is 0 Å². The van der Waals surface area contributed by atoms with E-state index in [0.717, 1.165) is 18.7 Å². The highest BCUT2D eigenvalue weighted by atomic mass is 33.1. The van der Waals surface area contributed by atoms with Crippen molar-refractivity contribution in [2.24, 2.45) is 0 Å². The normalized spacial score (nSPS) is 12.5. The van der Waals surface area contributed by atoms with Gasteiger partial charge >= 0.3 is 0 Å². The quantitative estimate of drug-likeness (QED) is 0.545. The number of carbonyl (C=O) groups is 1. The molecule has 0 bridgehead atoms. The van der Waals surface area contributed by atoms with E-state index in [2.05, 4.69) is 11.6 Å². The lowest BCUT2D eigenvalue weighted by Crippen LogP contribution is -2.31. The van der Waals surface area contributed by atoms with Gasteiger partial charge in [0.25, 0.3) is 0 Å². The van der Waals surface area contributed by atoms with Gasteiger partial charge in [0.15, 0.2) is 0 Å². The zero-order valence-electron chi connectivity index (χ0n) is 8.33. The molecular formula is C8H17NOS3. The molecule has 1 unspecified atom stereocenters. The highest BCUT2D eigenvalue weighted by Gasteiger charge is 2.08.